The summed E-state index contributed by atoms with van der Waals surface area (Å²) in [6, 6.07) is 12.1. The molecule has 8 heteroatoms. The van der Waals surface area contributed by atoms with Crippen molar-refractivity contribution in [2.75, 3.05) is 14.2 Å². The standard InChI is InChI=1S/C20H22O8/c1-27-15-7-3-13(4-8-15)11-19(25,17(21)22)20(26,18(23)24)12-14-5-9-16(28-2)10-6-14/h3-10,25-26H,11-12H2,1-2H3,(H,21,22)(H,23,24)/t19-,20-/m0/s1. The van der Waals surface area contributed by atoms with Crippen LogP contribution >= 0.6 is 0 Å². The Morgan fingerprint density at radius 3 is 1.21 bits per heavy atom. The van der Waals surface area contributed by atoms with Gasteiger partial charge in [0.1, 0.15) is 11.5 Å². The van der Waals surface area contributed by atoms with Crippen LogP contribution < -0.4 is 9.47 Å². The van der Waals surface area contributed by atoms with E-state index in [0.29, 0.717) is 22.6 Å². The predicted octanol–water partition coefficient (Wildman–Crippen LogP) is 1.12. The molecular weight excluding hydrogens is 368 g/mol. The number of ether oxygens (including phenoxy) is 2. The Balaban J connectivity index is 2.42. The first kappa shape index (κ1) is 21.2. The van der Waals surface area contributed by atoms with Crippen LogP contribution in [0.4, 0.5) is 0 Å². The summed E-state index contributed by atoms with van der Waals surface area (Å²) in [6.45, 7) is 0. The average Bonchev–Trinajstić information content (AvgIpc) is 2.68. The van der Waals surface area contributed by atoms with Gasteiger partial charge >= 0.3 is 11.9 Å². The number of carbonyl (C=O) groups is 2. The summed E-state index contributed by atoms with van der Waals surface area (Å²) in [7, 11) is 2.92. The van der Waals surface area contributed by atoms with Gasteiger partial charge in [0.05, 0.1) is 14.2 Å². The molecule has 28 heavy (non-hydrogen) atoms. The van der Waals surface area contributed by atoms with E-state index in [4.69, 9.17) is 9.47 Å². The van der Waals surface area contributed by atoms with Gasteiger partial charge < -0.3 is 29.9 Å². The Morgan fingerprint density at radius 2 is 1.00 bits per heavy atom. The molecule has 2 aromatic rings. The lowest BCUT2D eigenvalue weighted by Gasteiger charge is -2.37. The molecule has 0 aromatic heterocycles. The SMILES string of the molecule is COc1ccc(C[C@](O)(C(=O)O)[C@](O)(Cc2ccc(OC)cc2)C(=O)O)cc1. The van der Waals surface area contributed by atoms with Gasteiger partial charge in [0.15, 0.2) is 0 Å². The quantitative estimate of drug-likeness (QED) is 0.501. The van der Waals surface area contributed by atoms with Crippen molar-refractivity contribution in [2.45, 2.75) is 24.0 Å². The average molecular weight is 390 g/mol. The third kappa shape index (κ3) is 4.08. The van der Waals surface area contributed by atoms with Crippen LogP contribution in [0.15, 0.2) is 48.5 Å². The molecule has 0 unspecified atom stereocenters. The third-order valence-electron chi connectivity index (χ3n) is 4.63. The van der Waals surface area contributed by atoms with Crippen molar-refractivity contribution in [3.05, 3.63) is 59.7 Å². The Hall–Kier alpha value is -3.10. The summed E-state index contributed by atoms with van der Waals surface area (Å²) >= 11 is 0. The van der Waals surface area contributed by atoms with Crippen molar-refractivity contribution in [3.8, 4) is 11.5 Å². The Labute approximate surface area is 161 Å². The molecule has 0 fully saturated rings. The highest BCUT2D eigenvalue weighted by Gasteiger charge is 2.60. The molecule has 150 valence electrons. The lowest BCUT2D eigenvalue weighted by molar-refractivity contribution is -0.206. The van der Waals surface area contributed by atoms with E-state index in [9.17, 15) is 30.0 Å². The van der Waals surface area contributed by atoms with Gasteiger partial charge in [0.25, 0.3) is 0 Å². The summed E-state index contributed by atoms with van der Waals surface area (Å²) in [5.41, 5.74) is -5.32. The number of carboxylic acids is 2. The highest BCUT2D eigenvalue weighted by molar-refractivity contribution is 5.91. The molecular formula is C20H22O8. The number of hydrogen-bond donors (Lipinski definition) is 4. The van der Waals surface area contributed by atoms with Crippen molar-refractivity contribution in [1.82, 2.24) is 0 Å². The van der Waals surface area contributed by atoms with Crippen LogP contribution in [0, 0.1) is 0 Å². The fourth-order valence-electron chi connectivity index (χ4n) is 2.88. The Morgan fingerprint density at radius 1 is 0.714 bits per heavy atom. The number of hydrogen-bond acceptors (Lipinski definition) is 6. The van der Waals surface area contributed by atoms with Crippen molar-refractivity contribution < 1.29 is 39.5 Å². The van der Waals surface area contributed by atoms with Crippen molar-refractivity contribution in [2.24, 2.45) is 0 Å². The second-order valence-corrected chi connectivity index (χ2v) is 6.38. The summed E-state index contributed by atoms with van der Waals surface area (Å²) < 4.78 is 10.0. The monoisotopic (exact) mass is 390 g/mol. The third-order valence-corrected chi connectivity index (χ3v) is 4.63. The molecule has 0 bridgehead atoms. The molecule has 2 rings (SSSR count). The van der Waals surface area contributed by atoms with Gasteiger partial charge in [-0.3, -0.25) is 0 Å². The van der Waals surface area contributed by atoms with Crippen LogP contribution in [0.5, 0.6) is 11.5 Å². The molecule has 0 aliphatic carbocycles. The number of carboxylic acid groups (broad SMARTS) is 2. The first-order valence-corrected chi connectivity index (χ1v) is 8.33. The largest absolute Gasteiger partial charge is 0.497 e. The van der Waals surface area contributed by atoms with Gasteiger partial charge in [0, 0.05) is 12.8 Å². The van der Waals surface area contributed by atoms with E-state index in [1.54, 1.807) is 24.3 Å². The molecule has 0 radical (unpaired) electrons. The maximum atomic E-state index is 11.9. The molecule has 0 saturated carbocycles. The topological polar surface area (TPSA) is 134 Å². The number of rotatable bonds is 9. The highest BCUT2D eigenvalue weighted by atomic mass is 16.5. The second kappa shape index (κ2) is 8.28. The number of methoxy groups -OCH3 is 2. The minimum Gasteiger partial charge on any atom is -0.497 e. The zero-order valence-electron chi connectivity index (χ0n) is 15.5. The Kier molecular flexibility index (Phi) is 6.27. The van der Waals surface area contributed by atoms with Gasteiger partial charge in [-0.15, -0.1) is 0 Å². The predicted molar refractivity (Wildman–Crippen MR) is 98.6 cm³/mol. The molecule has 4 N–H and O–H groups in total. The highest BCUT2D eigenvalue weighted by Crippen LogP contribution is 2.32. The van der Waals surface area contributed by atoms with E-state index in [1.165, 1.54) is 38.5 Å². The fourth-order valence-corrected chi connectivity index (χ4v) is 2.88. The number of aliphatic carboxylic acids is 2. The summed E-state index contributed by atoms with van der Waals surface area (Å²) in [5.74, 6) is -2.67. The van der Waals surface area contributed by atoms with Crippen molar-refractivity contribution >= 4 is 11.9 Å². The van der Waals surface area contributed by atoms with E-state index in [1.807, 2.05) is 0 Å². The maximum absolute atomic E-state index is 11.9. The van der Waals surface area contributed by atoms with Crippen LogP contribution in [0.25, 0.3) is 0 Å². The molecule has 0 heterocycles. The fraction of sp³-hybridized carbons (Fsp3) is 0.300. The lowest BCUT2D eigenvalue weighted by atomic mass is 9.74. The van der Waals surface area contributed by atoms with Crippen molar-refractivity contribution in [1.29, 1.82) is 0 Å². The zero-order valence-corrected chi connectivity index (χ0v) is 15.5. The summed E-state index contributed by atoms with van der Waals surface area (Å²) in [5, 5.41) is 40.9. The van der Waals surface area contributed by atoms with E-state index >= 15 is 0 Å². The normalized spacial score (nSPS) is 15.1. The van der Waals surface area contributed by atoms with E-state index < -0.39 is 36.0 Å². The smallest absolute Gasteiger partial charge is 0.339 e. The van der Waals surface area contributed by atoms with E-state index in [2.05, 4.69) is 0 Å². The van der Waals surface area contributed by atoms with Gasteiger partial charge in [-0.2, -0.15) is 0 Å². The number of aliphatic hydroxyl groups is 2. The molecule has 2 aromatic carbocycles. The van der Waals surface area contributed by atoms with E-state index in [0.717, 1.165) is 0 Å². The molecule has 0 amide bonds. The van der Waals surface area contributed by atoms with E-state index in [-0.39, 0.29) is 0 Å². The lowest BCUT2D eigenvalue weighted by Crippen LogP contribution is -2.66. The minimum absolute atomic E-state index is 0.320. The molecule has 8 nitrogen and oxygen atoms in total. The van der Waals surface area contributed by atoms with Crippen LogP contribution in [0.3, 0.4) is 0 Å². The van der Waals surface area contributed by atoms with Crippen molar-refractivity contribution in [3.63, 3.8) is 0 Å². The second-order valence-electron chi connectivity index (χ2n) is 6.38. The zero-order chi connectivity index (χ0) is 20.9. The van der Waals surface area contributed by atoms with Gasteiger partial charge in [-0.05, 0) is 35.4 Å². The summed E-state index contributed by atoms with van der Waals surface area (Å²) in [4.78, 5) is 23.7. The molecule has 0 aliphatic rings. The first-order chi connectivity index (χ1) is 13.2. The Bertz CT molecular complexity index is 759. The molecule has 2 atom stereocenters. The van der Waals surface area contributed by atoms with Gasteiger partial charge in [-0.1, -0.05) is 24.3 Å². The minimum atomic E-state index is -2.98. The molecule has 0 spiro atoms. The van der Waals surface area contributed by atoms with Crippen LogP contribution in [0.2, 0.25) is 0 Å². The van der Waals surface area contributed by atoms with Gasteiger partial charge in [0.2, 0.25) is 11.2 Å². The summed E-state index contributed by atoms with van der Waals surface area (Å²) in [6.07, 6.45) is -1.24. The molecule has 0 saturated heterocycles. The maximum Gasteiger partial charge on any atom is 0.339 e. The van der Waals surface area contributed by atoms with Gasteiger partial charge in [-0.25, -0.2) is 9.59 Å². The number of benzene rings is 2. The van der Waals surface area contributed by atoms with Crippen LogP contribution in [0.1, 0.15) is 11.1 Å². The molecule has 0 aliphatic heterocycles. The van der Waals surface area contributed by atoms with Crippen LogP contribution in [-0.2, 0) is 22.4 Å². The van der Waals surface area contributed by atoms with Crippen LogP contribution in [-0.4, -0.2) is 57.8 Å². The first-order valence-electron chi connectivity index (χ1n) is 8.33.